The molecule has 0 heterocycles. The first kappa shape index (κ1) is 14.1. The number of methoxy groups -OCH3 is 3. The van der Waals surface area contributed by atoms with Crippen LogP contribution in [-0.4, -0.2) is 27.9 Å². The minimum absolute atomic E-state index is 0.287. The van der Waals surface area contributed by atoms with E-state index in [4.69, 9.17) is 19.5 Å². The van der Waals surface area contributed by atoms with E-state index in [-0.39, 0.29) is 6.61 Å². The molecule has 0 atom stereocenters. The van der Waals surface area contributed by atoms with Gasteiger partial charge < -0.3 is 14.2 Å². The highest BCUT2D eigenvalue weighted by molar-refractivity contribution is 5.62. The second kappa shape index (κ2) is 6.67. The number of hydrogen-bond donors (Lipinski definition) is 0. The van der Waals surface area contributed by atoms with Crippen LogP contribution in [0.4, 0.5) is 0 Å². The van der Waals surface area contributed by atoms with Crippen LogP contribution >= 0.6 is 0 Å². The maximum atomic E-state index is 8.97. The summed E-state index contributed by atoms with van der Waals surface area (Å²) in [4.78, 5) is 0. The highest BCUT2D eigenvalue weighted by Gasteiger charge is 2.07. The van der Waals surface area contributed by atoms with Crippen LogP contribution in [0.3, 0.4) is 0 Å². The maximum absolute atomic E-state index is 8.97. The Morgan fingerprint density at radius 1 is 1.22 bits per heavy atom. The Labute approximate surface area is 107 Å². The standard InChI is InChI=1S/C14H17NO3/c1-10-13(17-3)6-11(7-14(10)18-4)5-12(8-15)9-16-2/h5-7H,9H2,1-4H3/b12-5-. The van der Waals surface area contributed by atoms with Gasteiger partial charge in [-0.1, -0.05) is 0 Å². The Morgan fingerprint density at radius 2 is 1.78 bits per heavy atom. The van der Waals surface area contributed by atoms with Crippen molar-refractivity contribution < 1.29 is 14.2 Å². The van der Waals surface area contributed by atoms with Crippen molar-refractivity contribution in [3.63, 3.8) is 0 Å². The molecule has 0 aromatic heterocycles. The lowest BCUT2D eigenvalue weighted by Crippen LogP contribution is -1.95. The lowest BCUT2D eigenvalue weighted by atomic mass is 10.1. The van der Waals surface area contributed by atoms with E-state index in [2.05, 4.69) is 6.07 Å². The third-order valence-electron chi connectivity index (χ3n) is 2.56. The van der Waals surface area contributed by atoms with E-state index in [0.29, 0.717) is 5.57 Å². The first-order valence-corrected chi connectivity index (χ1v) is 5.48. The molecule has 0 aliphatic heterocycles. The van der Waals surface area contributed by atoms with Gasteiger partial charge in [-0.05, 0) is 30.7 Å². The van der Waals surface area contributed by atoms with Crippen LogP contribution in [0.5, 0.6) is 11.5 Å². The van der Waals surface area contributed by atoms with Crippen molar-refractivity contribution in [3.05, 3.63) is 28.8 Å². The van der Waals surface area contributed by atoms with Gasteiger partial charge in [-0.2, -0.15) is 5.26 Å². The Balaban J connectivity index is 3.22. The Morgan fingerprint density at radius 3 is 2.17 bits per heavy atom. The Bertz CT molecular complexity index is 461. The summed E-state index contributed by atoms with van der Waals surface area (Å²) in [6.45, 7) is 2.21. The van der Waals surface area contributed by atoms with Crippen molar-refractivity contribution in [1.82, 2.24) is 0 Å². The third kappa shape index (κ3) is 3.25. The molecule has 0 N–H and O–H groups in total. The summed E-state index contributed by atoms with van der Waals surface area (Å²) in [7, 11) is 4.77. The van der Waals surface area contributed by atoms with Gasteiger partial charge in [0.1, 0.15) is 11.5 Å². The lowest BCUT2D eigenvalue weighted by Gasteiger charge is -2.11. The molecule has 1 aromatic carbocycles. The molecule has 0 saturated heterocycles. The van der Waals surface area contributed by atoms with Gasteiger partial charge in [0, 0.05) is 12.7 Å². The van der Waals surface area contributed by atoms with Gasteiger partial charge in [-0.3, -0.25) is 0 Å². The first-order chi connectivity index (χ1) is 8.65. The van der Waals surface area contributed by atoms with Crippen LogP contribution in [0.15, 0.2) is 17.7 Å². The average Bonchev–Trinajstić information content (AvgIpc) is 2.39. The predicted octanol–water partition coefficient (Wildman–Crippen LogP) is 2.57. The summed E-state index contributed by atoms with van der Waals surface area (Å²) in [6.07, 6.45) is 1.76. The second-order valence-electron chi connectivity index (χ2n) is 3.76. The molecular formula is C14H17NO3. The molecule has 0 spiro atoms. The molecule has 18 heavy (non-hydrogen) atoms. The fourth-order valence-electron chi connectivity index (χ4n) is 1.65. The monoisotopic (exact) mass is 247 g/mol. The molecule has 1 aromatic rings. The van der Waals surface area contributed by atoms with Gasteiger partial charge in [0.25, 0.3) is 0 Å². The van der Waals surface area contributed by atoms with Crippen LogP contribution in [-0.2, 0) is 4.74 Å². The molecule has 0 bridgehead atoms. The summed E-state index contributed by atoms with van der Waals surface area (Å²) in [6, 6.07) is 5.83. The van der Waals surface area contributed by atoms with Crippen molar-refractivity contribution in [1.29, 1.82) is 5.26 Å². The van der Waals surface area contributed by atoms with E-state index < -0.39 is 0 Å². The van der Waals surface area contributed by atoms with Crippen LogP contribution in [0.2, 0.25) is 0 Å². The molecule has 0 fully saturated rings. The van der Waals surface area contributed by atoms with Gasteiger partial charge in [0.05, 0.1) is 32.5 Å². The Kier molecular flexibility index (Phi) is 5.22. The number of benzene rings is 1. The zero-order chi connectivity index (χ0) is 13.5. The molecule has 4 nitrogen and oxygen atoms in total. The zero-order valence-corrected chi connectivity index (χ0v) is 11.1. The molecule has 1 rings (SSSR count). The molecule has 0 aliphatic rings. The molecular weight excluding hydrogens is 230 g/mol. The molecule has 0 amide bonds. The molecule has 0 saturated carbocycles. The minimum Gasteiger partial charge on any atom is -0.496 e. The molecule has 0 aliphatic carbocycles. The van der Waals surface area contributed by atoms with Crippen molar-refractivity contribution in [2.75, 3.05) is 27.9 Å². The van der Waals surface area contributed by atoms with Crippen LogP contribution in [0.25, 0.3) is 6.08 Å². The normalized spacial score (nSPS) is 10.9. The van der Waals surface area contributed by atoms with E-state index in [1.165, 1.54) is 0 Å². The lowest BCUT2D eigenvalue weighted by molar-refractivity contribution is 0.229. The number of nitriles is 1. The maximum Gasteiger partial charge on any atom is 0.126 e. The second-order valence-corrected chi connectivity index (χ2v) is 3.76. The van der Waals surface area contributed by atoms with Crippen molar-refractivity contribution in [3.8, 4) is 17.6 Å². The van der Waals surface area contributed by atoms with Crippen LogP contribution < -0.4 is 9.47 Å². The van der Waals surface area contributed by atoms with Crippen molar-refractivity contribution in [2.24, 2.45) is 0 Å². The van der Waals surface area contributed by atoms with Crippen molar-refractivity contribution >= 4 is 6.08 Å². The van der Waals surface area contributed by atoms with E-state index in [9.17, 15) is 0 Å². The SMILES string of the molecule is COC/C(C#N)=C\c1cc(OC)c(C)c(OC)c1. The number of ether oxygens (including phenoxy) is 3. The van der Waals surface area contributed by atoms with Crippen molar-refractivity contribution in [2.45, 2.75) is 6.92 Å². The quantitative estimate of drug-likeness (QED) is 0.750. The predicted molar refractivity (Wildman–Crippen MR) is 69.7 cm³/mol. The van der Waals surface area contributed by atoms with Gasteiger partial charge in [0.15, 0.2) is 0 Å². The summed E-state index contributed by atoms with van der Waals surface area (Å²) in [5, 5.41) is 8.97. The molecule has 96 valence electrons. The topological polar surface area (TPSA) is 51.5 Å². The zero-order valence-electron chi connectivity index (χ0n) is 11.1. The van der Waals surface area contributed by atoms with Crippen LogP contribution in [0.1, 0.15) is 11.1 Å². The third-order valence-corrected chi connectivity index (χ3v) is 2.56. The molecule has 0 unspecified atom stereocenters. The van der Waals surface area contributed by atoms with Gasteiger partial charge >= 0.3 is 0 Å². The summed E-state index contributed by atoms with van der Waals surface area (Å²) >= 11 is 0. The number of nitrogens with zero attached hydrogens (tertiary/aromatic N) is 1. The minimum atomic E-state index is 0.287. The average molecular weight is 247 g/mol. The highest BCUT2D eigenvalue weighted by atomic mass is 16.5. The van der Waals surface area contributed by atoms with Gasteiger partial charge in [-0.25, -0.2) is 0 Å². The number of rotatable bonds is 5. The first-order valence-electron chi connectivity index (χ1n) is 5.48. The van der Waals surface area contributed by atoms with E-state index in [0.717, 1.165) is 22.6 Å². The number of hydrogen-bond acceptors (Lipinski definition) is 4. The summed E-state index contributed by atoms with van der Waals surface area (Å²) < 4.78 is 15.5. The fourth-order valence-corrected chi connectivity index (χ4v) is 1.65. The summed E-state index contributed by atoms with van der Waals surface area (Å²) in [5.74, 6) is 1.46. The summed E-state index contributed by atoms with van der Waals surface area (Å²) in [5.41, 5.74) is 2.33. The fraction of sp³-hybridized carbons (Fsp3) is 0.357. The van der Waals surface area contributed by atoms with Gasteiger partial charge in [-0.15, -0.1) is 0 Å². The molecule has 4 heteroatoms. The van der Waals surface area contributed by atoms with Gasteiger partial charge in [0.2, 0.25) is 0 Å². The Hall–Kier alpha value is -1.99. The van der Waals surface area contributed by atoms with E-state index >= 15 is 0 Å². The smallest absolute Gasteiger partial charge is 0.126 e. The van der Waals surface area contributed by atoms with E-state index in [1.54, 1.807) is 27.4 Å². The highest BCUT2D eigenvalue weighted by Crippen LogP contribution is 2.30. The molecule has 0 radical (unpaired) electrons. The van der Waals surface area contributed by atoms with Crippen LogP contribution in [0, 0.1) is 18.3 Å². The largest absolute Gasteiger partial charge is 0.496 e. The van der Waals surface area contributed by atoms with E-state index in [1.807, 2.05) is 19.1 Å².